The van der Waals surface area contributed by atoms with Crippen molar-refractivity contribution in [2.75, 3.05) is 35.8 Å². The van der Waals surface area contributed by atoms with E-state index >= 15 is 0 Å². The van der Waals surface area contributed by atoms with Crippen molar-refractivity contribution in [3.8, 4) is 0 Å². The number of carbonyl (C=O) groups excluding carboxylic acids is 1. The molecule has 6 heteroatoms. The number of nitrogens with zero attached hydrogens (tertiary/aromatic N) is 2. The zero-order valence-corrected chi connectivity index (χ0v) is 14.7. The molecule has 6 nitrogen and oxygen atoms in total. The Morgan fingerprint density at radius 3 is 2.68 bits per heavy atom. The van der Waals surface area contributed by atoms with Crippen LogP contribution in [0.15, 0.2) is 36.5 Å². The number of hydrogen-bond acceptors (Lipinski definition) is 5. The maximum absolute atomic E-state index is 12.8. The second kappa shape index (κ2) is 5.74. The van der Waals surface area contributed by atoms with Crippen LogP contribution in [-0.4, -0.2) is 31.2 Å². The first kappa shape index (κ1) is 15.9. The van der Waals surface area contributed by atoms with Gasteiger partial charge in [0.1, 0.15) is 6.17 Å². The van der Waals surface area contributed by atoms with Gasteiger partial charge in [0.25, 0.3) is 0 Å². The van der Waals surface area contributed by atoms with Gasteiger partial charge in [0.15, 0.2) is 0 Å². The fourth-order valence-electron chi connectivity index (χ4n) is 3.56. The maximum atomic E-state index is 12.8. The lowest BCUT2D eigenvalue weighted by Gasteiger charge is -2.20. The minimum absolute atomic E-state index is 0.0648. The molecule has 2 aliphatic heterocycles. The van der Waals surface area contributed by atoms with Crippen LogP contribution in [0.4, 0.5) is 17.1 Å². The summed E-state index contributed by atoms with van der Waals surface area (Å²) in [6, 6.07) is 10.0. The number of fused-ring (bicyclic) bond motifs is 2. The molecule has 0 saturated carbocycles. The molecule has 0 saturated heterocycles. The van der Waals surface area contributed by atoms with Crippen LogP contribution < -0.4 is 15.5 Å². The van der Waals surface area contributed by atoms with Crippen molar-refractivity contribution in [3.05, 3.63) is 47.8 Å². The van der Waals surface area contributed by atoms with Crippen LogP contribution in [0.1, 0.15) is 31.3 Å². The van der Waals surface area contributed by atoms with Crippen LogP contribution in [0.3, 0.4) is 0 Å². The van der Waals surface area contributed by atoms with Crippen molar-refractivity contribution < 1.29 is 9.53 Å². The van der Waals surface area contributed by atoms with E-state index in [1.807, 2.05) is 36.9 Å². The fourth-order valence-corrected chi connectivity index (χ4v) is 3.56. The Bertz CT molecular complexity index is 820. The van der Waals surface area contributed by atoms with Crippen molar-refractivity contribution in [1.29, 1.82) is 0 Å². The Kier molecular flexibility index (Phi) is 3.65. The zero-order chi connectivity index (χ0) is 17.6. The number of rotatable bonds is 4. The van der Waals surface area contributed by atoms with Gasteiger partial charge >= 0.3 is 0 Å². The number of amides is 1. The predicted octanol–water partition coefficient (Wildman–Crippen LogP) is 2.89. The Labute approximate surface area is 147 Å². The van der Waals surface area contributed by atoms with Crippen LogP contribution in [0.2, 0.25) is 0 Å². The van der Waals surface area contributed by atoms with Gasteiger partial charge in [-0.25, -0.2) is 0 Å². The summed E-state index contributed by atoms with van der Waals surface area (Å²) >= 11 is 0. The number of anilines is 3. The highest BCUT2D eigenvalue weighted by atomic mass is 16.5. The molecule has 2 aliphatic rings. The summed E-state index contributed by atoms with van der Waals surface area (Å²) in [4.78, 5) is 19.1. The largest absolute Gasteiger partial charge is 0.383 e. The highest BCUT2D eigenvalue weighted by Crippen LogP contribution is 2.47. The standard InChI is InChI=1S/C19H22N4O2/c1-19(2)12-10-14-15(11-16(12)23(18(19)24)8-9-25-3)22-17(21-14)13-6-4-5-7-20-13/h4-7,10-11,17,21-22H,8-9H2,1-3H3. The molecule has 0 spiro atoms. The van der Waals surface area contributed by atoms with Gasteiger partial charge in [-0.05, 0) is 43.7 Å². The molecule has 0 fully saturated rings. The molecular weight excluding hydrogens is 316 g/mol. The zero-order valence-electron chi connectivity index (χ0n) is 14.7. The average molecular weight is 338 g/mol. The van der Waals surface area contributed by atoms with E-state index in [1.54, 1.807) is 13.3 Å². The van der Waals surface area contributed by atoms with Crippen molar-refractivity contribution in [2.45, 2.75) is 25.4 Å². The Morgan fingerprint density at radius 1 is 1.24 bits per heavy atom. The summed E-state index contributed by atoms with van der Waals surface area (Å²) < 4.78 is 5.17. The summed E-state index contributed by atoms with van der Waals surface area (Å²) in [5, 5.41) is 6.92. The quantitative estimate of drug-likeness (QED) is 0.897. The van der Waals surface area contributed by atoms with Gasteiger partial charge in [0.2, 0.25) is 5.91 Å². The van der Waals surface area contributed by atoms with Crippen molar-refractivity contribution in [1.82, 2.24) is 4.98 Å². The molecule has 1 aromatic carbocycles. The Balaban J connectivity index is 1.70. The van der Waals surface area contributed by atoms with Crippen LogP contribution >= 0.6 is 0 Å². The van der Waals surface area contributed by atoms with Crippen molar-refractivity contribution in [3.63, 3.8) is 0 Å². The van der Waals surface area contributed by atoms with Crippen LogP contribution in [-0.2, 0) is 14.9 Å². The van der Waals surface area contributed by atoms with E-state index in [-0.39, 0.29) is 12.1 Å². The maximum Gasteiger partial charge on any atom is 0.237 e. The molecule has 130 valence electrons. The first-order valence-electron chi connectivity index (χ1n) is 8.46. The smallest absolute Gasteiger partial charge is 0.237 e. The number of ether oxygens (including phenoxy) is 1. The summed E-state index contributed by atoms with van der Waals surface area (Å²) in [6.45, 7) is 5.03. The summed E-state index contributed by atoms with van der Waals surface area (Å²) in [7, 11) is 1.65. The molecule has 2 N–H and O–H groups in total. The van der Waals surface area contributed by atoms with Crippen molar-refractivity contribution >= 4 is 23.0 Å². The van der Waals surface area contributed by atoms with Gasteiger partial charge in [-0.15, -0.1) is 0 Å². The van der Waals surface area contributed by atoms with Gasteiger partial charge in [-0.3, -0.25) is 9.78 Å². The Morgan fingerprint density at radius 2 is 2.00 bits per heavy atom. The normalized spacial score (nSPS) is 20.0. The molecule has 1 unspecified atom stereocenters. The number of hydrogen-bond donors (Lipinski definition) is 2. The predicted molar refractivity (Wildman–Crippen MR) is 97.9 cm³/mol. The van der Waals surface area contributed by atoms with Gasteiger partial charge in [-0.2, -0.15) is 0 Å². The third-order valence-corrected chi connectivity index (χ3v) is 4.98. The molecule has 4 rings (SSSR count). The summed E-state index contributed by atoms with van der Waals surface area (Å²) in [5.41, 5.74) is 4.39. The van der Waals surface area contributed by atoms with Crippen molar-refractivity contribution in [2.24, 2.45) is 0 Å². The van der Waals surface area contributed by atoms with E-state index in [4.69, 9.17) is 4.74 Å². The van der Waals surface area contributed by atoms with E-state index < -0.39 is 5.41 Å². The molecule has 25 heavy (non-hydrogen) atoms. The van der Waals surface area contributed by atoms with Crippen LogP contribution in [0, 0.1) is 0 Å². The first-order valence-corrected chi connectivity index (χ1v) is 8.46. The minimum Gasteiger partial charge on any atom is -0.383 e. The van der Waals surface area contributed by atoms with E-state index in [0.29, 0.717) is 13.2 Å². The topological polar surface area (TPSA) is 66.5 Å². The number of carbonyl (C=O) groups is 1. The van der Waals surface area contributed by atoms with Crippen LogP contribution in [0.25, 0.3) is 0 Å². The lowest BCUT2D eigenvalue weighted by molar-refractivity contribution is -0.122. The first-order chi connectivity index (χ1) is 12.0. The molecule has 2 aromatic rings. The number of nitrogens with one attached hydrogen (secondary N) is 2. The minimum atomic E-state index is -0.539. The second-order valence-corrected chi connectivity index (χ2v) is 6.97. The number of methoxy groups -OCH3 is 1. The highest BCUT2D eigenvalue weighted by molar-refractivity contribution is 6.09. The number of benzene rings is 1. The molecule has 1 amide bonds. The summed E-state index contributed by atoms with van der Waals surface area (Å²) in [6.07, 6.45) is 1.72. The van der Waals surface area contributed by atoms with Gasteiger partial charge < -0.3 is 20.3 Å². The van der Waals surface area contributed by atoms with E-state index in [1.165, 1.54) is 0 Å². The van der Waals surface area contributed by atoms with E-state index in [9.17, 15) is 4.79 Å². The van der Waals surface area contributed by atoms with Crippen LogP contribution in [0.5, 0.6) is 0 Å². The highest BCUT2D eigenvalue weighted by Gasteiger charge is 2.44. The van der Waals surface area contributed by atoms with Gasteiger partial charge in [-0.1, -0.05) is 6.07 Å². The lowest BCUT2D eigenvalue weighted by atomic mass is 9.86. The monoisotopic (exact) mass is 338 g/mol. The number of pyridine rings is 1. The van der Waals surface area contributed by atoms with E-state index in [2.05, 4.69) is 27.8 Å². The molecule has 3 heterocycles. The van der Waals surface area contributed by atoms with Gasteiger partial charge in [0, 0.05) is 19.9 Å². The number of aromatic nitrogens is 1. The molecular formula is C19H22N4O2. The average Bonchev–Trinajstić information content (AvgIpc) is 3.11. The molecule has 1 atom stereocenters. The Hall–Kier alpha value is -2.60. The molecule has 1 aromatic heterocycles. The fraction of sp³-hybridized carbons (Fsp3) is 0.368. The summed E-state index contributed by atoms with van der Waals surface area (Å²) in [5.74, 6) is 0.115. The SMILES string of the molecule is COCCN1C(=O)C(C)(C)c2cc3c(cc21)NC(c1ccccn1)N3. The van der Waals surface area contributed by atoms with E-state index in [0.717, 1.165) is 28.3 Å². The van der Waals surface area contributed by atoms with Gasteiger partial charge in [0.05, 0.1) is 34.8 Å². The second-order valence-electron chi connectivity index (χ2n) is 6.97. The molecule has 0 bridgehead atoms. The molecule has 0 radical (unpaired) electrons. The third kappa shape index (κ3) is 2.44. The molecule has 0 aliphatic carbocycles. The third-order valence-electron chi connectivity index (χ3n) is 4.98. The lowest BCUT2D eigenvalue weighted by Crippen LogP contribution is -2.38.